The summed E-state index contributed by atoms with van der Waals surface area (Å²) >= 11 is 0. The Morgan fingerprint density at radius 2 is 1.97 bits per heavy atom. The van der Waals surface area contributed by atoms with Crippen LogP contribution in [-0.2, 0) is 16.2 Å². The topological polar surface area (TPSA) is 87.7 Å². The van der Waals surface area contributed by atoms with E-state index in [1.54, 1.807) is 12.6 Å². The molecular weight excluding hydrogens is 420 g/mol. The van der Waals surface area contributed by atoms with Crippen LogP contribution in [-0.4, -0.2) is 44.3 Å². The first-order chi connectivity index (χ1) is 16.0. The first kappa shape index (κ1) is 23.1. The van der Waals surface area contributed by atoms with E-state index in [2.05, 4.69) is 10.2 Å². The maximum absolute atomic E-state index is 12.6. The summed E-state index contributed by atoms with van der Waals surface area (Å²) in [6.45, 7) is 5.95. The van der Waals surface area contributed by atoms with Crippen LogP contribution >= 0.6 is 0 Å². The molecule has 0 saturated carbocycles. The van der Waals surface area contributed by atoms with E-state index in [0.717, 1.165) is 55.0 Å². The minimum atomic E-state index is -0.266. The molecule has 2 aliphatic heterocycles. The lowest BCUT2D eigenvalue weighted by Crippen LogP contribution is -2.76. The van der Waals surface area contributed by atoms with Crippen molar-refractivity contribution >= 4 is 29.1 Å². The molecule has 0 aliphatic carbocycles. The average molecular weight is 454 g/mol. The minimum Gasteiger partial charge on any atom is -0.444 e. The smallest absolute Gasteiger partial charge is 0.414 e. The molecule has 2 aromatic carbocycles. The number of nitrogens with one attached hydrogen (secondary N) is 1. The number of piperidine rings is 1. The lowest BCUT2D eigenvalue weighted by atomic mass is 9.99. The number of benzene rings is 2. The number of para-hydroxylation sites is 1. The van der Waals surface area contributed by atoms with Crippen molar-refractivity contribution in [2.75, 3.05) is 30.0 Å². The second-order valence-corrected chi connectivity index (χ2v) is 8.68. The Labute approximate surface area is 194 Å². The summed E-state index contributed by atoms with van der Waals surface area (Å²) in [6, 6.07) is 13.9. The van der Waals surface area contributed by atoms with Gasteiger partial charge in [0.15, 0.2) is 5.69 Å². The van der Waals surface area contributed by atoms with Gasteiger partial charge in [0, 0.05) is 42.4 Å². The number of carbonyl (C=O) groups excluding carboxylic acids is 2. The molecule has 3 N–H and O–H groups in total. The van der Waals surface area contributed by atoms with Crippen LogP contribution in [0.3, 0.4) is 0 Å². The van der Waals surface area contributed by atoms with Crippen molar-refractivity contribution in [1.82, 2.24) is 5.32 Å². The summed E-state index contributed by atoms with van der Waals surface area (Å²) in [5.74, 6) is -0.0809. The van der Waals surface area contributed by atoms with E-state index in [9.17, 15) is 9.59 Å². The Hall–Kier alpha value is -3.10. The van der Waals surface area contributed by atoms with Crippen LogP contribution in [0.1, 0.15) is 49.0 Å². The van der Waals surface area contributed by atoms with Gasteiger partial charge in [0.05, 0.1) is 12.8 Å². The summed E-state index contributed by atoms with van der Waals surface area (Å²) in [4.78, 5) is 34.6. The van der Waals surface area contributed by atoms with Crippen LogP contribution in [0.25, 0.3) is 0 Å². The maximum atomic E-state index is 12.6. The van der Waals surface area contributed by atoms with Crippen molar-refractivity contribution in [3.63, 3.8) is 0 Å². The third-order valence-corrected chi connectivity index (χ3v) is 6.49. The van der Waals surface area contributed by atoms with E-state index in [1.165, 1.54) is 0 Å². The monoisotopic (exact) mass is 453 g/mol. The van der Waals surface area contributed by atoms with Crippen molar-refractivity contribution in [1.29, 1.82) is 0 Å². The second-order valence-electron chi connectivity index (χ2n) is 8.68. The van der Waals surface area contributed by atoms with Crippen LogP contribution in [0, 0.1) is 0 Å². The number of nitrogens with two attached hydrogens (primary N) is 1. The number of hydrogen-bond donors (Lipinski definition) is 2. The predicted octanol–water partition coefficient (Wildman–Crippen LogP) is 3.10. The molecule has 1 unspecified atom stereocenters. The fraction of sp³-hybridized carbons (Fsp3) is 0.440. The van der Waals surface area contributed by atoms with Gasteiger partial charge in [-0.2, -0.15) is 5.48 Å². The highest BCUT2D eigenvalue weighted by Gasteiger charge is 2.34. The molecule has 2 amide bonds. The SMILES string of the molecule is CCC(C)NC(=O)c1ccc(N2CCC(N3C(=O)OCc4ccccc43)CC2)c([NH2+]OC)c1. The molecule has 176 valence electrons. The van der Waals surface area contributed by atoms with Gasteiger partial charge in [-0.1, -0.05) is 25.1 Å². The molecule has 2 aliphatic rings. The van der Waals surface area contributed by atoms with E-state index >= 15 is 0 Å². The molecule has 1 saturated heterocycles. The summed E-state index contributed by atoms with van der Waals surface area (Å²) in [5, 5.41) is 3.01. The van der Waals surface area contributed by atoms with Crippen LogP contribution in [0.4, 0.5) is 21.9 Å². The van der Waals surface area contributed by atoms with Gasteiger partial charge in [0.2, 0.25) is 0 Å². The van der Waals surface area contributed by atoms with Gasteiger partial charge in [-0.05, 0) is 44.4 Å². The third kappa shape index (κ3) is 4.96. The standard InChI is InChI=1S/C25H32N4O4/c1-4-17(2)26-24(30)18-9-10-23(21(15-18)27-32-3)28-13-11-20(12-14-28)29-22-8-6-5-7-19(22)16-33-25(29)31/h5-10,15,17,20,27H,4,11-14,16H2,1-3H3,(H,26,30)/p+1. The Kier molecular flexibility index (Phi) is 7.15. The predicted molar refractivity (Wildman–Crippen MR) is 127 cm³/mol. The molecule has 0 bridgehead atoms. The van der Waals surface area contributed by atoms with Crippen molar-refractivity contribution in [2.24, 2.45) is 0 Å². The normalized spacial score (nSPS) is 17.4. The number of anilines is 2. The first-order valence-corrected chi connectivity index (χ1v) is 11.6. The number of ether oxygens (including phenoxy) is 1. The Morgan fingerprint density at radius 1 is 1.21 bits per heavy atom. The fourth-order valence-electron chi connectivity index (χ4n) is 4.50. The van der Waals surface area contributed by atoms with Crippen LogP contribution in [0.2, 0.25) is 0 Å². The van der Waals surface area contributed by atoms with E-state index < -0.39 is 0 Å². The van der Waals surface area contributed by atoms with Gasteiger partial charge < -0.3 is 15.0 Å². The molecule has 8 heteroatoms. The zero-order chi connectivity index (χ0) is 23.4. The number of amides is 2. The highest BCUT2D eigenvalue weighted by atomic mass is 16.6. The highest BCUT2D eigenvalue weighted by molar-refractivity contribution is 5.96. The molecule has 4 rings (SSSR count). The molecule has 0 aromatic heterocycles. The van der Waals surface area contributed by atoms with Gasteiger partial charge in [-0.15, -0.1) is 0 Å². The van der Waals surface area contributed by atoms with Crippen LogP contribution in [0.5, 0.6) is 0 Å². The molecule has 1 atom stereocenters. The van der Waals surface area contributed by atoms with Gasteiger partial charge >= 0.3 is 6.09 Å². The molecule has 0 spiro atoms. The molecule has 33 heavy (non-hydrogen) atoms. The second kappa shape index (κ2) is 10.2. The molecule has 2 aromatic rings. The number of carbonyl (C=O) groups is 2. The number of hydrogen-bond acceptors (Lipinski definition) is 5. The minimum absolute atomic E-state index is 0.0809. The average Bonchev–Trinajstić information content (AvgIpc) is 2.84. The Morgan fingerprint density at radius 3 is 2.70 bits per heavy atom. The zero-order valence-electron chi connectivity index (χ0n) is 19.5. The third-order valence-electron chi connectivity index (χ3n) is 6.49. The maximum Gasteiger partial charge on any atom is 0.414 e. The van der Waals surface area contributed by atoms with E-state index in [0.29, 0.717) is 12.2 Å². The summed E-state index contributed by atoms with van der Waals surface area (Å²) in [7, 11) is 1.61. The summed E-state index contributed by atoms with van der Waals surface area (Å²) < 4.78 is 5.42. The van der Waals surface area contributed by atoms with Gasteiger partial charge in [-0.3, -0.25) is 9.69 Å². The van der Waals surface area contributed by atoms with Crippen LogP contribution in [0.15, 0.2) is 42.5 Å². The lowest BCUT2D eigenvalue weighted by Gasteiger charge is -2.40. The van der Waals surface area contributed by atoms with Gasteiger partial charge in [0.25, 0.3) is 5.91 Å². The van der Waals surface area contributed by atoms with E-state index in [1.807, 2.05) is 61.2 Å². The number of nitrogens with zero attached hydrogens (tertiary/aromatic N) is 2. The fourth-order valence-corrected chi connectivity index (χ4v) is 4.50. The van der Waals surface area contributed by atoms with Crippen molar-refractivity contribution in [3.05, 3.63) is 53.6 Å². The largest absolute Gasteiger partial charge is 0.444 e. The van der Waals surface area contributed by atoms with Gasteiger partial charge in [-0.25, -0.2) is 9.63 Å². The molecule has 8 nitrogen and oxygen atoms in total. The highest BCUT2D eigenvalue weighted by Crippen LogP contribution is 2.33. The Bertz CT molecular complexity index is 1000. The quantitative estimate of drug-likeness (QED) is 0.497. The van der Waals surface area contributed by atoms with Crippen molar-refractivity contribution < 1.29 is 24.6 Å². The summed E-state index contributed by atoms with van der Waals surface area (Å²) in [5.41, 5.74) is 6.19. The number of rotatable bonds is 7. The number of fused-ring (bicyclic) bond motifs is 1. The number of cyclic esters (lactones) is 1. The zero-order valence-corrected chi connectivity index (χ0v) is 19.5. The van der Waals surface area contributed by atoms with Crippen LogP contribution < -0.4 is 20.6 Å². The molecular formula is C25H33N4O4+. The molecule has 0 radical (unpaired) electrons. The van der Waals surface area contributed by atoms with Crippen molar-refractivity contribution in [2.45, 2.75) is 51.8 Å². The molecule has 1 fully saturated rings. The van der Waals surface area contributed by atoms with Crippen molar-refractivity contribution in [3.8, 4) is 0 Å². The Balaban J connectivity index is 1.48. The summed E-state index contributed by atoms with van der Waals surface area (Å²) in [6.07, 6.45) is 2.26. The number of quaternary nitrogens is 1. The molecule has 2 heterocycles. The van der Waals surface area contributed by atoms with E-state index in [-0.39, 0.29) is 24.1 Å². The van der Waals surface area contributed by atoms with Gasteiger partial charge in [0.1, 0.15) is 12.3 Å². The lowest BCUT2D eigenvalue weighted by molar-refractivity contribution is -0.829. The van der Waals surface area contributed by atoms with E-state index in [4.69, 9.17) is 9.57 Å². The first-order valence-electron chi connectivity index (χ1n) is 11.6.